The molecule has 148 valence electrons. The third-order valence-corrected chi connectivity index (χ3v) is 4.79. The molecule has 0 spiro atoms. The van der Waals surface area contributed by atoms with Crippen LogP contribution in [0.5, 0.6) is 11.6 Å². The van der Waals surface area contributed by atoms with Crippen molar-refractivity contribution >= 4 is 11.6 Å². The van der Waals surface area contributed by atoms with Gasteiger partial charge in [0.15, 0.2) is 0 Å². The molecule has 0 radical (unpaired) electrons. The predicted molar refractivity (Wildman–Crippen MR) is 118 cm³/mol. The van der Waals surface area contributed by atoms with Crippen LogP contribution in [0.25, 0.3) is 11.3 Å². The molecule has 0 saturated heterocycles. The number of rotatable bonds is 5. The smallest absolute Gasteiger partial charge is 0.255 e. The molecule has 0 unspecified atom stereocenters. The van der Waals surface area contributed by atoms with Gasteiger partial charge in [0.05, 0.1) is 5.69 Å². The predicted octanol–water partition coefficient (Wildman–Crippen LogP) is 5.81. The molecule has 0 aliphatic heterocycles. The maximum Gasteiger partial charge on any atom is 0.255 e. The summed E-state index contributed by atoms with van der Waals surface area (Å²) in [5.41, 5.74) is 5.13. The van der Waals surface area contributed by atoms with Crippen molar-refractivity contribution in [2.45, 2.75) is 13.8 Å². The van der Waals surface area contributed by atoms with E-state index in [2.05, 4.69) is 15.3 Å². The largest absolute Gasteiger partial charge is 0.439 e. The van der Waals surface area contributed by atoms with E-state index >= 15 is 0 Å². The van der Waals surface area contributed by atoms with Crippen molar-refractivity contribution in [3.8, 4) is 22.9 Å². The van der Waals surface area contributed by atoms with Crippen LogP contribution in [-0.4, -0.2) is 15.9 Å². The number of aryl methyl sites for hydroxylation is 2. The normalized spacial score (nSPS) is 10.5. The summed E-state index contributed by atoms with van der Waals surface area (Å²) in [5.74, 6) is 0.967. The summed E-state index contributed by atoms with van der Waals surface area (Å²) in [6, 6.07) is 24.4. The zero-order valence-electron chi connectivity index (χ0n) is 16.8. The second-order valence-electron chi connectivity index (χ2n) is 6.99. The minimum atomic E-state index is -0.171. The van der Waals surface area contributed by atoms with E-state index in [9.17, 15) is 4.79 Å². The highest BCUT2D eigenvalue weighted by molar-refractivity contribution is 6.05. The maximum absolute atomic E-state index is 12.7. The summed E-state index contributed by atoms with van der Waals surface area (Å²) in [6.45, 7) is 4.07. The number of benzene rings is 3. The number of hydrogen-bond acceptors (Lipinski definition) is 4. The van der Waals surface area contributed by atoms with E-state index in [1.54, 1.807) is 12.1 Å². The molecule has 0 fully saturated rings. The fraction of sp³-hybridized carbons (Fsp3) is 0.0800. The van der Waals surface area contributed by atoms with Crippen molar-refractivity contribution in [2.75, 3.05) is 5.32 Å². The third-order valence-electron chi connectivity index (χ3n) is 4.79. The Hall–Kier alpha value is -3.99. The number of carbonyl (C=O) groups excluding carboxylic acids is 1. The lowest BCUT2D eigenvalue weighted by molar-refractivity contribution is 0.102. The van der Waals surface area contributed by atoms with E-state index in [-0.39, 0.29) is 5.91 Å². The van der Waals surface area contributed by atoms with Gasteiger partial charge in [-0.2, -0.15) is 0 Å². The van der Waals surface area contributed by atoms with Crippen LogP contribution in [0.2, 0.25) is 0 Å². The number of anilines is 1. The van der Waals surface area contributed by atoms with Crippen molar-refractivity contribution in [2.24, 2.45) is 0 Å². The number of carbonyl (C=O) groups is 1. The van der Waals surface area contributed by atoms with Gasteiger partial charge in [-0.25, -0.2) is 9.97 Å². The molecule has 30 heavy (non-hydrogen) atoms. The first kappa shape index (κ1) is 19.3. The Balaban J connectivity index is 1.55. The second kappa shape index (κ2) is 8.57. The lowest BCUT2D eigenvalue weighted by Crippen LogP contribution is -2.12. The van der Waals surface area contributed by atoms with Crippen LogP contribution in [0, 0.1) is 13.8 Å². The molecule has 0 aliphatic carbocycles. The molecule has 1 aromatic heterocycles. The van der Waals surface area contributed by atoms with E-state index in [0.717, 1.165) is 16.8 Å². The Labute approximate surface area is 175 Å². The topological polar surface area (TPSA) is 64.1 Å². The first-order valence-corrected chi connectivity index (χ1v) is 9.62. The molecule has 0 bridgehead atoms. The molecular weight excluding hydrogens is 374 g/mol. The fourth-order valence-corrected chi connectivity index (χ4v) is 3.00. The standard InChI is InChI=1S/C25H21N3O2/c1-17-11-12-21(13-18(17)2)28-25(29)20-8-6-7-19(14-20)23-15-24(27-16-26-23)30-22-9-4-3-5-10-22/h3-16H,1-2H3,(H,28,29). The molecule has 5 heteroatoms. The summed E-state index contributed by atoms with van der Waals surface area (Å²) in [7, 11) is 0. The minimum absolute atomic E-state index is 0.171. The Morgan fingerprint density at radius 3 is 2.47 bits per heavy atom. The number of hydrogen-bond donors (Lipinski definition) is 1. The SMILES string of the molecule is Cc1ccc(NC(=O)c2cccc(-c3cc(Oc4ccccc4)ncn3)c2)cc1C. The van der Waals surface area contributed by atoms with Crippen molar-refractivity contribution in [1.82, 2.24) is 9.97 Å². The summed E-state index contributed by atoms with van der Waals surface area (Å²) < 4.78 is 5.79. The number of ether oxygens (including phenoxy) is 1. The molecule has 4 rings (SSSR count). The first-order valence-electron chi connectivity index (χ1n) is 9.62. The van der Waals surface area contributed by atoms with Crippen molar-refractivity contribution in [3.63, 3.8) is 0 Å². The zero-order chi connectivity index (χ0) is 20.9. The van der Waals surface area contributed by atoms with Gasteiger partial charge in [-0.1, -0.05) is 36.4 Å². The monoisotopic (exact) mass is 395 g/mol. The van der Waals surface area contributed by atoms with E-state index in [4.69, 9.17) is 4.74 Å². The van der Waals surface area contributed by atoms with Crippen molar-refractivity contribution < 1.29 is 9.53 Å². The van der Waals surface area contributed by atoms with Crippen LogP contribution < -0.4 is 10.1 Å². The molecular formula is C25H21N3O2. The lowest BCUT2D eigenvalue weighted by Gasteiger charge is -2.09. The van der Waals surface area contributed by atoms with Crippen molar-refractivity contribution in [3.05, 3.63) is 102 Å². The molecule has 4 aromatic rings. The van der Waals surface area contributed by atoms with Gasteiger partial charge in [-0.05, 0) is 61.4 Å². The summed E-state index contributed by atoms with van der Waals surface area (Å²) in [4.78, 5) is 21.2. The highest BCUT2D eigenvalue weighted by atomic mass is 16.5. The molecule has 1 heterocycles. The molecule has 0 saturated carbocycles. The average Bonchev–Trinajstić information content (AvgIpc) is 2.77. The molecule has 0 aliphatic rings. The Morgan fingerprint density at radius 1 is 0.833 bits per heavy atom. The number of nitrogens with one attached hydrogen (secondary N) is 1. The number of nitrogens with zero attached hydrogens (tertiary/aromatic N) is 2. The van der Waals surface area contributed by atoms with Crippen molar-refractivity contribution in [1.29, 1.82) is 0 Å². The number of para-hydroxylation sites is 1. The Morgan fingerprint density at radius 2 is 1.67 bits per heavy atom. The summed E-state index contributed by atoms with van der Waals surface area (Å²) in [5, 5.41) is 2.95. The minimum Gasteiger partial charge on any atom is -0.439 e. The highest BCUT2D eigenvalue weighted by Gasteiger charge is 2.10. The van der Waals surface area contributed by atoms with Gasteiger partial charge < -0.3 is 10.1 Å². The summed E-state index contributed by atoms with van der Waals surface area (Å²) >= 11 is 0. The van der Waals surface area contributed by atoms with Crippen LogP contribution >= 0.6 is 0 Å². The average molecular weight is 395 g/mol. The van der Waals surface area contributed by atoms with Crippen LogP contribution in [0.4, 0.5) is 5.69 Å². The van der Waals surface area contributed by atoms with Crippen LogP contribution in [0.1, 0.15) is 21.5 Å². The first-order chi connectivity index (χ1) is 14.6. The van der Waals surface area contributed by atoms with Gasteiger partial charge >= 0.3 is 0 Å². The van der Waals surface area contributed by atoms with Crippen LogP contribution in [0.15, 0.2) is 85.2 Å². The quantitative estimate of drug-likeness (QED) is 0.463. The highest BCUT2D eigenvalue weighted by Crippen LogP contribution is 2.24. The molecule has 0 atom stereocenters. The van der Waals surface area contributed by atoms with Gasteiger partial charge in [0.1, 0.15) is 12.1 Å². The van der Waals surface area contributed by atoms with E-state index in [0.29, 0.717) is 22.9 Å². The van der Waals surface area contributed by atoms with Gasteiger partial charge in [-0.15, -0.1) is 0 Å². The van der Waals surface area contributed by atoms with Gasteiger partial charge in [-0.3, -0.25) is 4.79 Å². The van der Waals surface area contributed by atoms with Crippen LogP contribution in [0.3, 0.4) is 0 Å². The molecule has 1 amide bonds. The Bertz CT molecular complexity index is 1190. The van der Waals surface area contributed by atoms with E-state index in [1.807, 2.05) is 80.6 Å². The zero-order valence-corrected chi connectivity index (χ0v) is 16.8. The molecule has 5 nitrogen and oxygen atoms in total. The van der Waals surface area contributed by atoms with E-state index < -0.39 is 0 Å². The third kappa shape index (κ3) is 4.52. The second-order valence-corrected chi connectivity index (χ2v) is 6.99. The molecule has 1 N–H and O–H groups in total. The van der Waals surface area contributed by atoms with Gasteiger partial charge in [0.2, 0.25) is 5.88 Å². The Kier molecular flexibility index (Phi) is 5.52. The lowest BCUT2D eigenvalue weighted by atomic mass is 10.1. The maximum atomic E-state index is 12.7. The van der Waals surface area contributed by atoms with Crippen LogP contribution in [-0.2, 0) is 0 Å². The van der Waals surface area contributed by atoms with E-state index in [1.165, 1.54) is 11.9 Å². The van der Waals surface area contributed by atoms with Gasteiger partial charge in [0.25, 0.3) is 5.91 Å². The molecule has 3 aromatic carbocycles. The fourth-order valence-electron chi connectivity index (χ4n) is 3.00. The van der Waals surface area contributed by atoms with Gasteiger partial charge in [0, 0.05) is 22.9 Å². The number of aromatic nitrogens is 2. The summed E-state index contributed by atoms with van der Waals surface area (Å²) in [6.07, 6.45) is 1.45. The number of amides is 1.